The number of hydrogen-bond donors (Lipinski definition) is 0. The molecule has 0 saturated carbocycles. The van der Waals surface area contributed by atoms with Crippen LogP contribution in [0.3, 0.4) is 0 Å². The van der Waals surface area contributed by atoms with Crippen LogP contribution in [0, 0.1) is 11.8 Å². The van der Waals surface area contributed by atoms with Crippen LogP contribution in [-0.2, 0) is 0 Å². The van der Waals surface area contributed by atoms with E-state index in [1.807, 2.05) is 0 Å². The lowest BCUT2D eigenvalue weighted by molar-refractivity contribution is 0.476. The van der Waals surface area contributed by atoms with E-state index in [0.29, 0.717) is 11.8 Å². The average molecular weight is 617 g/mol. The molecule has 0 spiro atoms. The first-order chi connectivity index (χ1) is 23.8. The van der Waals surface area contributed by atoms with Crippen molar-refractivity contribution in [2.24, 2.45) is 11.8 Å². The molecule has 6 aromatic carbocycles. The number of anilines is 2. The van der Waals surface area contributed by atoms with Gasteiger partial charge in [0.25, 0.3) is 0 Å². The third kappa shape index (κ3) is 5.07. The van der Waals surface area contributed by atoms with Crippen LogP contribution < -0.4 is 4.90 Å². The van der Waals surface area contributed by atoms with Crippen molar-refractivity contribution < 1.29 is 0 Å². The van der Waals surface area contributed by atoms with E-state index in [4.69, 9.17) is 0 Å². The summed E-state index contributed by atoms with van der Waals surface area (Å²) in [6.07, 6.45) is 18.4. The molecule has 1 heterocycles. The molecule has 0 saturated heterocycles. The smallest absolute Gasteiger partial charge is 0.0542 e. The highest BCUT2D eigenvalue weighted by molar-refractivity contribution is 6.10. The zero-order chi connectivity index (χ0) is 31.9. The molecular weight excluding hydrogens is 581 g/mol. The van der Waals surface area contributed by atoms with Gasteiger partial charge in [-0.15, -0.1) is 0 Å². The summed E-state index contributed by atoms with van der Waals surface area (Å²) >= 11 is 0. The fraction of sp³-hybridized carbons (Fsp3) is 0.0870. The van der Waals surface area contributed by atoms with Crippen molar-refractivity contribution >= 4 is 44.0 Å². The Labute approximate surface area is 281 Å². The van der Waals surface area contributed by atoms with Crippen LogP contribution in [0.1, 0.15) is 12.8 Å². The van der Waals surface area contributed by atoms with E-state index in [2.05, 4.69) is 192 Å². The third-order valence-corrected chi connectivity index (χ3v) is 10.1. The molecule has 2 atom stereocenters. The second-order valence-electron chi connectivity index (χ2n) is 12.9. The first-order valence-corrected chi connectivity index (χ1v) is 17.0. The van der Waals surface area contributed by atoms with Gasteiger partial charge in [0.05, 0.1) is 11.0 Å². The Morgan fingerprint density at radius 3 is 2.06 bits per heavy atom. The van der Waals surface area contributed by atoms with E-state index >= 15 is 0 Å². The Kier molecular flexibility index (Phi) is 7.13. The zero-order valence-corrected chi connectivity index (χ0v) is 26.8. The molecule has 7 aromatic rings. The van der Waals surface area contributed by atoms with Crippen LogP contribution in [0.5, 0.6) is 0 Å². The summed E-state index contributed by atoms with van der Waals surface area (Å²) in [4.78, 5) is 2.43. The number of rotatable bonds is 6. The van der Waals surface area contributed by atoms with Crippen LogP contribution in [0.15, 0.2) is 188 Å². The molecular formula is C46H36N2. The fourth-order valence-electron chi connectivity index (χ4n) is 7.60. The molecule has 0 fully saturated rings. The highest BCUT2D eigenvalue weighted by atomic mass is 15.1. The second-order valence-corrected chi connectivity index (χ2v) is 12.9. The van der Waals surface area contributed by atoms with Gasteiger partial charge in [-0.3, -0.25) is 0 Å². The molecule has 0 radical (unpaired) electrons. The van der Waals surface area contributed by atoms with Gasteiger partial charge >= 0.3 is 0 Å². The van der Waals surface area contributed by atoms with Crippen LogP contribution >= 0.6 is 0 Å². The van der Waals surface area contributed by atoms with Crippen LogP contribution in [0.2, 0.25) is 0 Å². The normalized spacial score (nSPS) is 17.3. The molecule has 2 unspecified atom stereocenters. The topological polar surface area (TPSA) is 8.17 Å². The highest BCUT2D eigenvalue weighted by Crippen LogP contribution is 2.40. The Hall–Kier alpha value is -5.86. The average Bonchev–Trinajstić information content (AvgIpc) is 3.50. The molecule has 2 aliphatic rings. The number of aromatic nitrogens is 1. The summed E-state index contributed by atoms with van der Waals surface area (Å²) in [5.74, 6) is 1.07. The maximum atomic E-state index is 2.44. The summed E-state index contributed by atoms with van der Waals surface area (Å²) in [7, 11) is 0. The summed E-state index contributed by atoms with van der Waals surface area (Å²) in [5.41, 5.74) is 9.58. The van der Waals surface area contributed by atoms with E-state index < -0.39 is 0 Å². The number of nitrogens with zero attached hydrogens (tertiary/aromatic N) is 2. The van der Waals surface area contributed by atoms with E-state index in [-0.39, 0.29) is 0 Å². The van der Waals surface area contributed by atoms with Crippen molar-refractivity contribution in [1.82, 2.24) is 4.57 Å². The largest absolute Gasteiger partial charge is 0.311 e. The molecule has 2 heteroatoms. The number of hydrogen-bond acceptors (Lipinski definition) is 1. The van der Waals surface area contributed by atoms with Crippen LogP contribution in [0.4, 0.5) is 11.4 Å². The molecule has 2 nitrogen and oxygen atoms in total. The molecule has 0 aliphatic heterocycles. The van der Waals surface area contributed by atoms with Gasteiger partial charge in [-0.1, -0.05) is 121 Å². The van der Waals surface area contributed by atoms with E-state index in [9.17, 15) is 0 Å². The Bertz CT molecular complexity index is 2400. The molecule has 230 valence electrons. The van der Waals surface area contributed by atoms with E-state index in [1.165, 1.54) is 55.1 Å². The molecule has 0 N–H and O–H groups in total. The lowest BCUT2D eigenvalue weighted by Gasteiger charge is -2.31. The minimum absolute atomic E-state index is 0.512. The minimum atomic E-state index is 0.512. The van der Waals surface area contributed by atoms with Crippen molar-refractivity contribution in [2.45, 2.75) is 12.8 Å². The van der Waals surface area contributed by atoms with Gasteiger partial charge in [0.1, 0.15) is 0 Å². The summed E-state index contributed by atoms with van der Waals surface area (Å²) in [5, 5.41) is 5.04. The monoisotopic (exact) mass is 616 g/mol. The minimum Gasteiger partial charge on any atom is -0.311 e. The van der Waals surface area contributed by atoms with Crippen molar-refractivity contribution in [3.8, 4) is 16.8 Å². The van der Waals surface area contributed by atoms with E-state index in [0.717, 1.165) is 24.2 Å². The summed E-state index contributed by atoms with van der Waals surface area (Å²) < 4.78 is 2.38. The lowest BCUT2D eigenvalue weighted by atomic mass is 9.82. The van der Waals surface area contributed by atoms with Crippen molar-refractivity contribution in [1.29, 1.82) is 0 Å². The number of fused-ring (bicyclic) bond motifs is 4. The molecule has 0 amide bonds. The zero-order valence-electron chi connectivity index (χ0n) is 26.8. The predicted octanol–water partition coefficient (Wildman–Crippen LogP) is 12.3. The van der Waals surface area contributed by atoms with Crippen molar-refractivity contribution in [3.05, 3.63) is 188 Å². The summed E-state index contributed by atoms with van der Waals surface area (Å²) in [6.45, 7) is 0. The predicted molar refractivity (Wildman–Crippen MR) is 204 cm³/mol. The Balaban J connectivity index is 1.15. The molecule has 2 aliphatic carbocycles. The molecule has 48 heavy (non-hydrogen) atoms. The van der Waals surface area contributed by atoms with Gasteiger partial charge in [0.15, 0.2) is 0 Å². The first kappa shape index (κ1) is 28.4. The highest BCUT2D eigenvalue weighted by Gasteiger charge is 2.23. The fourth-order valence-corrected chi connectivity index (χ4v) is 7.60. The van der Waals surface area contributed by atoms with E-state index in [1.54, 1.807) is 0 Å². The lowest BCUT2D eigenvalue weighted by Crippen LogP contribution is -2.19. The Morgan fingerprint density at radius 1 is 0.521 bits per heavy atom. The van der Waals surface area contributed by atoms with Crippen LogP contribution in [0.25, 0.3) is 49.4 Å². The molecule has 0 bridgehead atoms. The second kappa shape index (κ2) is 12.1. The number of allylic oxidation sites excluding steroid dienone is 7. The van der Waals surface area contributed by atoms with Crippen molar-refractivity contribution in [2.75, 3.05) is 4.90 Å². The third-order valence-electron chi connectivity index (χ3n) is 10.1. The SMILES string of the molecule is C1=CCC(C2C=CC(N(c3ccc(-c4ccc5ccccc5c4)cc3)c3ccc4c(c3)c3ccccc3n4-c3ccccc3)=CC2)C=C1. The standard InChI is InChI=1S/C46H36N2/c1-3-11-33(12-4-1)35-21-25-40(26-22-35)47(41-27-23-36(24-28-41)38-20-19-34-13-7-8-14-37(34)31-38)42-29-30-46-44(32-42)43-17-9-10-18-45(43)48(46)39-15-5-2-6-16-39/h1-11,13-21,23-33,35H,12,22H2. The Morgan fingerprint density at radius 2 is 1.25 bits per heavy atom. The first-order valence-electron chi connectivity index (χ1n) is 17.0. The summed E-state index contributed by atoms with van der Waals surface area (Å²) in [6, 6.07) is 50.8. The number of para-hydroxylation sites is 2. The maximum Gasteiger partial charge on any atom is 0.0542 e. The van der Waals surface area contributed by atoms with Gasteiger partial charge in [0.2, 0.25) is 0 Å². The van der Waals surface area contributed by atoms with Gasteiger partial charge in [0, 0.05) is 33.5 Å². The van der Waals surface area contributed by atoms with Gasteiger partial charge in [-0.05, 0) is 107 Å². The van der Waals surface area contributed by atoms with Gasteiger partial charge in [-0.2, -0.15) is 0 Å². The quantitative estimate of drug-likeness (QED) is 0.180. The molecule has 9 rings (SSSR count). The molecule has 1 aromatic heterocycles. The van der Waals surface area contributed by atoms with Gasteiger partial charge in [-0.25, -0.2) is 0 Å². The number of benzene rings is 6. The maximum absolute atomic E-state index is 2.44. The van der Waals surface area contributed by atoms with Crippen molar-refractivity contribution in [3.63, 3.8) is 0 Å². The van der Waals surface area contributed by atoms with Gasteiger partial charge < -0.3 is 9.47 Å². The van der Waals surface area contributed by atoms with Crippen LogP contribution in [-0.4, -0.2) is 4.57 Å².